The van der Waals surface area contributed by atoms with Crippen molar-refractivity contribution >= 4 is 17.9 Å². The molecular weight excluding hydrogens is 462 g/mol. The summed E-state index contributed by atoms with van der Waals surface area (Å²) in [5.41, 5.74) is -5.71. The number of ether oxygens (including phenoxy) is 3. The first-order valence-corrected chi connectivity index (χ1v) is 12.3. The molecule has 0 bridgehead atoms. The van der Waals surface area contributed by atoms with Gasteiger partial charge < -0.3 is 19.3 Å². The van der Waals surface area contributed by atoms with Crippen LogP contribution in [0.15, 0.2) is 23.8 Å². The highest BCUT2D eigenvalue weighted by atomic mass is 19.1. The molecule has 0 spiro atoms. The Hall–Kier alpha value is -2.29. The van der Waals surface area contributed by atoms with Gasteiger partial charge in [-0.3, -0.25) is 4.79 Å². The third-order valence-electron chi connectivity index (χ3n) is 9.30. The van der Waals surface area contributed by atoms with Gasteiger partial charge in [0, 0.05) is 22.7 Å². The van der Waals surface area contributed by atoms with Gasteiger partial charge in [-0.1, -0.05) is 25.5 Å². The Balaban J connectivity index is 1.81. The van der Waals surface area contributed by atoms with E-state index in [2.05, 4.69) is 0 Å². The molecule has 194 valence electrons. The van der Waals surface area contributed by atoms with Gasteiger partial charge in [-0.05, 0) is 57.6 Å². The van der Waals surface area contributed by atoms with Crippen LogP contribution in [-0.2, 0) is 23.8 Å². The van der Waals surface area contributed by atoms with Crippen molar-refractivity contribution in [2.24, 2.45) is 28.6 Å². The number of esters is 1. The lowest BCUT2D eigenvalue weighted by Crippen LogP contribution is -2.70. The van der Waals surface area contributed by atoms with E-state index in [0.29, 0.717) is 24.8 Å². The van der Waals surface area contributed by atoms with Gasteiger partial charge in [-0.2, -0.15) is 0 Å². The van der Waals surface area contributed by atoms with Crippen molar-refractivity contribution in [2.45, 2.75) is 70.8 Å². The number of alkyl halides is 2. The second kappa shape index (κ2) is 8.68. The third kappa shape index (κ3) is 3.33. The topological polar surface area (TPSA) is 99.1 Å². The molecule has 0 aromatic heterocycles. The number of rotatable bonds is 5. The molecule has 4 rings (SSSR count). The summed E-state index contributed by atoms with van der Waals surface area (Å²) in [5.74, 6) is -2.86. The van der Waals surface area contributed by atoms with Crippen LogP contribution in [-0.4, -0.2) is 60.3 Å². The van der Waals surface area contributed by atoms with Crippen LogP contribution < -0.4 is 0 Å². The van der Waals surface area contributed by atoms with Gasteiger partial charge in [-0.15, -0.1) is 0 Å². The first kappa shape index (κ1) is 25.8. The lowest BCUT2D eigenvalue weighted by Gasteiger charge is -2.62. The maximum Gasteiger partial charge on any atom is 0.509 e. The summed E-state index contributed by atoms with van der Waals surface area (Å²) in [4.78, 5) is 38.0. The third-order valence-corrected chi connectivity index (χ3v) is 9.30. The quantitative estimate of drug-likeness (QED) is 0.574. The van der Waals surface area contributed by atoms with E-state index in [0.717, 1.165) is 0 Å². The Kier molecular flexibility index (Phi) is 6.39. The molecule has 1 N–H and O–H groups in total. The van der Waals surface area contributed by atoms with Crippen LogP contribution in [0.4, 0.5) is 13.6 Å². The SMILES string of the molecule is CCOC(=O)OC1(C(=O)OCCF)[C@@H](C)CC2C3CCC4=CC(=O)C=CC4(C)[C@@]3(F)[C@@H](O)CC21C. The molecule has 3 fully saturated rings. The number of carbonyl (C=O) groups excluding carboxylic acids is 3. The number of aliphatic hydroxyl groups is 1. The van der Waals surface area contributed by atoms with Gasteiger partial charge in [0.15, 0.2) is 11.5 Å². The van der Waals surface area contributed by atoms with Crippen LogP contribution in [0.3, 0.4) is 0 Å². The summed E-state index contributed by atoms with van der Waals surface area (Å²) < 4.78 is 46.1. The van der Waals surface area contributed by atoms with Crippen molar-refractivity contribution in [3.63, 3.8) is 0 Å². The minimum absolute atomic E-state index is 0.0142. The monoisotopic (exact) mass is 496 g/mol. The van der Waals surface area contributed by atoms with E-state index in [1.807, 2.05) is 0 Å². The summed E-state index contributed by atoms with van der Waals surface area (Å²) in [6.45, 7) is 5.33. The Morgan fingerprint density at radius 3 is 2.60 bits per heavy atom. The zero-order valence-electron chi connectivity index (χ0n) is 20.6. The molecule has 0 heterocycles. The number of allylic oxidation sites excluding steroid dienone is 4. The molecule has 4 aliphatic rings. The molecule has 0 aromatic carbocycles. The van der Waals surface area contributed by atoms with Crippen molar-refractivity contribution in [2.75, 3.05) is 19.9 Å². The highest BCUT2D eigenvalue weighted by molar-refractivity contribution is 6.01. The fourth-order valence-electron chi connectivity index (χ4n) is 7.74. The van der Waals surface area contributed by atoms with E-state index in [1.165, 1.54) is 12.2 Å². The van der Waals surface area contributed by atoms with E-state index >= 15 is 4.39 Å². The Bertz CT molecular complexity index is 979. The average Bonchev–Trinajstić information content (AvgIpc) is 3.01. The standard InChI is InChI=1S/C26H34F2O7/c1-5-33-22(32)35-26(21(31)34-11-10-27)15(2)12-19-18-7-6-16-13-17(29)8-9-23(16,3)25(18,28)20(30)14-24(19,26)4/h8-9,13,15,18-20,30H,5-7,10-12,14H2,1-4H3/t15-,18?,19?,20-,23?,24?,25-,26?/m0/s1. The molecule has 3 saturated carbocycles. The van der Waals surface area contributed by atoms with Gasteiger partial charge >= 0.3 is 12.1 Å². The lowest BCUT2D eigenvalue weighted by molar-refractivity contribution is -0.230. The van der Waals surface area contributed by atoms with Crippen LogP contribution in [0.1, 0.15) is 53.4 Å². The normalized spacial score (nSPS) is 44.0. The molecule has 7 nitrogen and oxygen atoms in total. The highest BCUT2D eigenvalue weighted by Gasteiger charge is 2.78. The Morgan fingerprint density at radius 2 is 1.94 bits per heavy atom. The van der Waals surface area contributed by atoms with Crippen LogP contribution in [0.5, 0.6) is 0 Å². The minimum Gasteiger partial charge on any atom is -0.460 e. The largest absolute Gasteiger partial charge is 0.509 e. The summed E-state index contributed by atoms with van der Waals surface area (Å²) in [5, 5.41) is 11.5. The molecular formula is C26H34F2O7. The Labute approximate surface area is 203 Å². The summed E-state index contributed by atoms with van der Waals surface area (Å²) in [7, 11) is 0. The number of fused-ring (bicyclic) bond motifs is 5. The zero-order chi connectivity index (χ0) is 25.8. The molecule has 9 heteroatoms. The first-order valence-electron chi connectivity index (χ1n) is 12.3. The first-order chi connectivity index (χ1) is 16.4. The fourth-order valence-corrected chi connectivity index (χ4v) is 7.74. The number of carbonyl (C=O) groups is 3. The number of aliphatic hydroxyl groups excluding tert-OH is 1. The van der Waals surface area contributed by atoms with Crippen LogP contribution in [0.25, 0.3) is 0 Å². The summed E-state index contributed by atoms with van der Waals surface area (Å²) in [6, 6.07) is 0. The van der Waals surface area contributed by atoms with E-state index in [1.54, 1.807) is 33.8 Å². The van der Waals surface area contributed by atoms with Crippen molar-refractivity contribution in [1.29, 1.82) is 0 Å². The number of hydrogen-bond acceptors (Lipinski definition) is 7. The van der Waals surface area contributed by atoms with Gasteiger partial charge in [-0.25, -0.2) is 18.4 Å². The smallest absolute Gasteiger partial charge is 0.460 e. The van der Waals surface area contributed by atoms with Crippen molar-refractivity contribution in [3.05, 3.63) is 23.8 Å². The molecule has 0 saturated heterocycles. The highest BCUT2D eigenvalue weighted by Crippen LogP contribution is 2.71. The fraction of sp³-hybridized carbons (Fsp3) is 0.731. The molecule has 0 radical (unpaired) electrons. The second-order valence-corrected chi connectivity index (χ2v) is 10.7. The van der Waals surface area contributed by atoms with Gasteiger partial charge in [0.2, 0.25) is 5.60 Å². The zero-order valence-corrected chi connectivity index (χ0v) is 20.6. The minimum atomic E-state index is -2.10. The van der Waals surface area contributed by atoms with Gasteiger partial charge in [0.1, 0.15) is 13.3 Å². The van der Waals surface area contributed by atoms with E-state index in [-0.39, 0.29) is 18.8 Å². The van der Waals surface area contributed by atoms with E-state index in [4.69, 9.17) is 14.2 Å². The predicted molar refractivity (Wildman–Crippen MR) is 121 cm³/mol. The molecule has 0 amide bonds. The van der Waals surface area contributed by atoms with Crippen molar-refractivity contribution < 1.29 is 42.5 Å². The maximum atomic E-state index is 17.3. The van der Waals surface area contributed by atoms with Crippen molar-refractivity contribution in [1.82, 2.24) is 0 Å². The van der Waals surface area contributed by atoms with Gasteiger partial charge in [0.05, 0.1) is 12.7 Å². The lowest BCUT2D eigenvalue weighted by atomic mass is 9.44. The van der Waals surface area contributed by atoms with Crippen LogP contribution in [0.2, 0.25) is 0 Å². The molecule has 4 aliphatic carbocycles. The summed E-state index contributed by atoms with van der Waals surface area (Å²) in [6.07, 6.45) is 2.73. The molecule has 35 heavy (non-hydrogen) atoms. The van der Waals surface area contributed by atoms with E-state index < -0.39 is 71.4 Å². The molecule has 5 unspecified atom stereocenters. The number of ketones is 1. The van der Waals surface area contributed by atoms with Crippen molar-refractivity contribution in [3.8, 4) is 0 Å². The van der Waals surface area contributed by atoms with Gasteiger partial charge in [0.25, 0.3) is 0 Å². The Morgan fingerprint density at radius 1 is 1.23 bits per heavy atom. The summed E-state index contributed by atoms with van der Waals surface area (Å²) >= 11 is 0. The molecule has 0 aromatic rings. The molecule has 8 atom stereocenters. The average molecular weight is 497 g/mol. The molecule has 0 aliphatic heterocycles. The maximum absolute atomic E-state index is 17.3. The number of hydrogen-bond donors (Lipinski definition) is 1. The van der Waals surface area contributed by atoms with E-state index in [9.17, 15) is 23.9 Å². The van der Waals surface area contributed by atoms with Crippen LogP contribution in [0, 0.1) is 28.6 Å². The predicted octanol–water partition coefficient (Wildman–Crippen LogP) is 4.03. The number of halogens is 2. The second-order valence-electron chi connectivity index (χ2n) is 10.7. The van der Waals surface area contributed by atoms with Crippen LogP contribution >= 0.6 is 0 Å².